The molecule has 2 nitrogen and oxygen atoms in total. The Morgan fingerprint density at radius 1 is 0.739 bits per heavy atom. The van der Waals surface area contributed by atoms with Crippen LogP contribution in [-0.4, -0.2) is 24.7 Å². The van der Waals surface area contributed by atoms with Crippen LogP contribution in [0.1, 0.15) is 30.4 Å². The molecule has 0 radical (unpaired) electrons. The molecule has 23 heavy (non-hydrogen) atoms. The molecule has 0 saturated carbocycles. The highest BCUT2D eigenvalue weighted by molar-refractivity contribution is 7.80. The van der Waals surface area contributed by atoms with Crippen LogP contribution in [0.3, 0.4) is 0 Å². The van der Waals surface area contributed by atoms with Gasteiger partial charge in [0.15, 0.2) is 0 Å². The van der Waals surface area contributed by atoms with Crippen LogP contribution in [0.4, 0.5) is 0 Å². The number of thiol groups is 2. The molecule has 0 unspecified atom stereocenters. The molecule has 0 N–H and O–H groups in total. The highest BCUT2D eigenvalue weighted by atomic mass is 32.1. The van der Waals surface area contributed by atoms with Crippen LogP contribution in [0.15, 0.2) is 48.5 Å². The van der Waals surface area contributed by atoms with Crippen LogP contribution in [-0.2, 0) is 0 Å². The van der Waals surface area contributed by atoms with Gasteiger partial charge < -0.3 is 9.47 Å². The first-order valence-electron chi connectivity index (χ1n) is 7.95. The van der Waals surface area contributed by atoms with E-state index in [0.29, 0.717) is 19.1 Å². The van der Waals surface area contributed by atoms with Crippen LogP contribution in [0.25, 0.3) is 0 Å². The van der Waals surface area contributed by atoms with E-state index in [4.69, 9.17) is 9.47 Å². The molecule has 0 aliphatic carbocycles. The molecule has 4 heteroatoms. The normalized spacial score (nSPS) is 10.8. The van der Waals surface area contributed by atoms with Crippen molar-refractivity contribution in [3.63, 3.8) is 0 Å². The fourth-order valence-electron chi connectivity index (χ4n) is 2.58. The van der Waals surface area contributed by atoms with Crippen LogP contribution >= 0.6 is 25.3 Å². The summed E-state index contributed by atoms with van der Waals surface area (Å²) in [6.07, 6.45) is 1.05. The van der Waals surface area contributed by atoms with E-state index in [2.05, 4.69) is 56.4 Å². The lowest BCUT2D eigenvalue weighted by atomic mass is 9.89. The maximum absolute atomic E-state index is 5.58. The molecule has 0 bridgehead atoms. The zero-order chi connectivity index (χ0) is 16.5. The van der Waals surface area contributed by atoms with Gasteiger partial charge in [0.05, 0.1) is 13.2 Å². The molecule has 124 valence electrons. The first-order chi connectivity index (χ1) is 11.3. The molecule has 0 fully saturated rings. The van der Waals surface area contributed by atoms with E-state index in [1.807, 2.05) is 24.3 Å². The molecular formula is C19H24O2S2. The largest absolute Gasteiger partial charge is 0.493 e. The fourth-order valence-corrected chi connectivity index (χ4v) is 2.77. The molecule has 0 atom stereocenters. The minimum absolute atomic E-state index is 0.382. The van der Waals surface area contributed by atoms with Gasteiger partial charge >= 0.3 is 0 Å². The summed E-state index contributed by atoms with van der Waals surface area (Å²) in [6.45, 7) is 3.47. The molecule has 0 saturated heterocycles. The number of rotatable bonds is 9. The van der Waals surface area contributed by atoms with E-state index in [9.17, 15) is 0 Å². The minimum atomic E-state index is 0.382. The third kappa shape index (κ3) is 5.40. The van der Waals surface area contributed by atoms with Crippen LogP contribution < -0.4 is 9.47 Å². The van der Waals surface area contributed by atoms with Crippen molar-refractivity contribution in [2.45, 2.75) is 19.3 Å². The van der Waals surface area contributed by atoms with Gasteiger partial charge in [-0.1, -0.05) is 31.2 Å². The van der Waals surface area contributed by atoms with E-state index in [-0.39, 0.29) is 0 Å². The van der Waals surface area contributed by atoms with E-state index < -0.39 is 0 Å². The molecule has 0 amide bonds. The standard InChI is InChI=1S/C19H24O2S2/c1-2-19(15-3-7-17(8-4-15)20-11-13-22)16-5-9-18(10-6-16)21-12-14-23/h3-10,19,22-23H,2,11-14H2,1H3. The van der Waals surface area contributed by atoms with Crippen LogP contribution in [0.5, 0.6) is 11.5 Å². The van der Waals surface area contributed by atoms with Crippen molar-refractivity contribution < 1.29 is 9.47 Å². The highest BCUT2D eigenvalue weighted by Gasteiger charge is 2.12. The first-order valence-corrected chi connectivity index (χ1v) is 9.22. The van der Waals surface area contributed by atoms with E-state index in [1.165, 1.54) is 11.1 Å². The molecule has 0 spiro atoms. The summed E-state index contributed by atoms with van der Waals surface area (Å²) in [4.78, 5) is 0. The summed E-state index contributed by atoms with van der Waals surface area (Å²) in [5.41, 5.74) is 2.60. The Morgan fingerprint density at radius 3 is 1.43 bits per heavy atom. The van der Waals surface area contributed by atoms with E-state index in [0.717, 1.165) is 29.4 Å². The maximum Gasteiger partial charge on any atom is 0.119 e. The summed E-state index contributed by atoms with van der Waals surface area (Å²) in [5.74, 6) is 3.62. The average molecular weight is 349 g/mol. The van der Waals surface area contributed by atoms with Gasteiger partial charge in [-0.15, -0.1) is 0 Å². The second-order valence-electron chi connectivity index (χ2n) is 5.24. The van der Waals surface area contributed by atoms with Crippen LogP contribution in [0, 0.1) is 0 Å². The lowest BCUT2D eigenvalue weighted by Crippen LogP contribution is -2.02. The van der Waals surface area contributed by atoms with Crippen molar-refractivity contribution in [1.29, 1.82) is 0 Å². The van der Waals surface area contributed by atoms with Crippen molar-refractivity contribution in [3.05, 3.63) is 59.7 Å². The van der Waals surface area contributed by atoms with Gasteiger partial charge in [0.2, 0.25) is 0 Å². The summed E-state index contributed by atoms with van der Waals surface area (Å²) < 4.78 is 11.2. The third-order valence-electron chi connectivity index (χ3n) is 3.69. The minimum Gasteiger partial charge on any atom is -0.493 e. The maximum atomic E-state index is 5.58. The molecule has 2 rings (SSSR count). The van der Waals surface area contributed by atoms with E-state index >= 15 is 0 Å². The van der Waals surface area contributed by atoms with Gasteiger partial charge in [0, 0.05) is 17.4 Å². The van der Waals surface area contributed by atoms with Crippen molar-refractivity contribution in [1.82, 2.24) is 0 Å². The summed E-state index contributed by atoms with van der Waals surface area (Å²) >= 11 is 8.31. The number of hydrogen-bond donors (Lipinski definition) is 2. The molecular weight excluding hydrogens is 324 g/mol. The smallest absolute Gasteiger partial charge is 0.119 e. The molecule has 0 aromatic heterocycles. The lowest BCUT2D eigenvalue weighted by molar-refractivity contribution is 0.344. The first kappa shape index (κ1) is 18.1. The molecule has 0 aliphatic rings. The number of hydrogen-bond acceptors (Lipinski definition) is 4. The zero-order valence-corrected chi connectivity index (χ0v) is 15.2. The van der Waals surface area contributed by atoms with Gasteiger partial charge in [0.25, 0.3) is 0 Å². The van der Waals surface area contributed by atoms with Crippen molar-refractivity contribution in [3.8, 4) is 11.5 Å². The van der Waals surface area contributed by atoms with Crippen molar-refractivity contribution in [2.24, 2.45) is 0 Å². The van der Waals surface area contributed by atoms with Crippen molar-refractivity contribution in [2.75, 3.05) is 24.7 Å². The van der Waals surface area contributed by atoms with E-state index in [1.54, 1.807) is 0 Å². The monoisotopic (exact) mass is 348 g/mol. The van der Waals surface area contributed by atoms with Gasteiger partial charge in [-0.3, -0.25) is 0 Å². The Kier molecular flexibility index (Phi) is 7.69. The molecule has 0 aliphatic heterocycles. The molecule has 2 aromatic carbocycles. The Balaban J connectivity index is 2.09. The lowest BCUT2D eigenvalue weighted by Gasteiger charge is -2.17. The van der Waals surface area contributed by atoms with Gasteiger partial charge in [-0.05, 0) is 41.8 Å². The fraction of sp³-hybridized carbons (Fsp3) is 0.368. The summed E-state index contributed by atoms with van der Waals surface area (Å²) in [7, 11) is 0. The zero-order valence-electron chi connectivity index (χ0n) is 13.4. The second kappa shape index (κ2) is 9.78. The van der Waals surface area contributed by atoms with Crippen LogP contribution in [0.2, 0.25) is 0 Å². The predicted molar refractivity (Wildman–Crippen MR) is 104 cm³/mol. The van der Waals surface area contributed by atoms with Gasteiger partial charge in [-0.2, -0.15) is 25.3 Å². The molecule has 0 heterocycles. The van der Waals surface area contributed by atoms with Crippen molar-refractivity contribution >= 4 is 25.3 Å². The quantitative estimate of drug-likeness (QED) is 0.631. The Morgan fingerprint density at radius 2 is 1.13 bits per heavy atom. The summed E-state index contributed by atoms with van der Waals surface area (Å²) in [5, 5.41) is 0. The number of benzene rings is 2. The Hall–Kier alpha value is -1.26. The van der Waals surface area contributed by atoms with Gasteiger partial charge in [0.1, 0.15) is 11.5 Å². The molecule has 2 aromatic rings. The Bertz CT molecular complexity index is 515. The highest BCUT2D eigenvalue weighted by Crippen LogP contribution is 2.30. The Labute approximate surface area is 150 Å². The predicted octanol–water partition coefficient (Wildman–Crippen LogP) is 4.85. The number of ether oxygens (including phenoxy) is 2. The van der Waals surface area contributed by atoms with Gasteiger partial charge in [-0.25, -0.2) is 0 Å². The SMILES string of the molecule is CCC(c1ccc(OCCS)cc1)c1ccc(OCCS)cc1. The third-order valence-corrected chi connectivity index (χ3v) is 4.06. The topological polar surface area (TPSA) is 18.5 Å². The average Bonchev–Trinajstić information content (AvgIpc) is 2.61. The second-order valence-corrected chi connectivity index (χ2v) is 6.14. The summed E-state index contributed by atoms with van der Waals surface area (Å²) in [6, 6.07) is 16.7.